The van der Waals surface area contributed by atoms with Gasteiger partial charge in [0.1, 0.15) is 5.75 Å². The molecule has 0 aliphatic carbocycles. The van der Waals surface area contributed by atoms with Crippen molar-refractivity contribution in [2.75, 3.05) is 4.90 Å². The van der Waals surface area contributed by atoms with Crippen LogP contribution in [0.2, 0.25) is 0 Å². The molecule has 192 valence electrons. The highest BCUT2D eigenvalue weighted by Gasteiger charge is 2.20. The van der Waals surface area contributed by atoms with Gasteiger partial charge >= 0.3 is 6.09 Å². The molecule has 0 aliphatic heterocycles. The van der Waals surface area contributed by atoms with Crippen molar-refractivity contribution in [3.63, 3.8) is 0 Å². The lowest BCUT2D eigenvalue weighted by Gasteiger charge is -2.21. The third kappa shape index (κ3) is 6.31. The summed E-state index contributed by atoms with van der Waals surface area (Å²) in [5.74, 6) is 0.163. The lowest BCUT2D eigenvalue weighted by molar-refractivity contribution is 0.201. The van der Waals surface area contributed by atoms with Gasteiger partial charge in [0.25, 0.3) is 10.0 Å². The van der Waals surface area contributed by atoms with Gasteiger partial charge in [0.2, 0.25) is 0 Å². The van der Waals surface area contributed by atoms with E-state index >= 15 is 0 Å². The maximum absolute atomic E-state index is 12.2. The standard InChI is InChI=1S/C28H24N4O5S/c29-30-31-38(36,37)26-13-11-25(12-14-26)32(28(34)35)19-22-17-23(15-20-7-3-1-4-8-20)27(33)24(18-22)16-21-9-5-2-6-10-21/h1-14,17-18,33H,15-16,19H2,(H,34,35). The summed E-state index contributed by atoms with van der Waals surface area (Å²) in [5, 5.41) is 21.1. The Morgan fingerprint density at radius 3 is 1.76 bits per heavy atom. The van der Waals surface area contributed by atoms with Crippen LogP contribution in [0.15, 0.2) is 106 Å². The van der Waals surface area contributed by atoms with Crippen molar-refractivity contribution in [2.24, 2.45) is 4.52 Å². The van der Waals surface area contributed by atoms with E-state index in [1.54, 1.807) is 12.1 Å². The number of sulfonamides is 1. The van der Waals surface area contributed by atoms with Gasteiger partial charge in [-0.2, -0.15) is 0 Å². The number of azide groups is 1. The number of nitrogens with zero attached hydrogens (tertiary/aromatic N) is 4. The highest BCUT2D eigenvalue weighted by Crippen LogP contribution is 2.31. The van der Waals surface area contributed by atoms with Crippen molar-refractivity contribution < 1.29 is 23.4 Å². The fourth-order valence-corrected chi connectivity index (χ4v) is 4.84. The summed E-state index contributed by atoms with van der Waals surface area (Å²) in [6, 6.07) is 27.9. The number of carboxylic acid groups (broad SMARTS) is 1. The first kappa shape index (κ1) is 26.3. The maximum atomic E-state index is 12.2. The number of aromatic hydroxyl groups is 1. The molecule has 9 nitrogen and oxygen atoms in total. The molecule has 0 atom stereocenters. The number of amides is 1. The number of hydrogen-bond donors (Lipinski definition) is 2. The third-order valence-corrected chi connectivity index (χ3v) is 7.12. The molecule has 0 saturated carbocycles. The molecule has 0 aliphatic rings. The van der Waals surface area contributed by atoms with Gasteiger partial charge in [-0.25, -0.2) is 13.2 Å². The molecule has 0 bridgehead atoms. The van der Waals surface area contributed by atoms with Crippen molar-refractivity contribution in [1.29, 1.82) is 0 Å². The molecule has 0 fully saturated rings. The molecule has 4 aromatic rings. The molecule has 1 amide bonds. The first-order valence-corrected chi connectivity index (χ1v) is 13.0. The highest BCUT2D eigenvalue weighted by atomic mass is 32.2. The zero-order valence-electron chi connectivity index (χ0n) is 20.2. The number of anilines is 1. The molecule has 4 rings (SSSR count). The first-order valence-electron chi connectivity index (χ1n) is 11.6. The number of benzene rings is 4. The van der Waals surface area contributed by atoms with Crippen molar-refractivity contribution in [2.45, 2.75) is 24.3 Å². The van der Waals surface area contributed by atoms with E-state index in [0.717, 1.165) is 16.0 Å². The monoisotopic (exact) mass is 528 g/mol. The topological polar surface area (TPSA) is 144 Å². The number of phenolic OH excluding ortho intramolecular Hbond substituents is 1. The fraction of sp³-hybridized carbons (Fsp3) is 0.107. The van der Waals surface area contributed by atoms with Crippen LogP contribution >= 0.6 is 0 Å². The lowest BCUT2D eigenvalue weighted by atomic mass is 9.94. The Bertz CT molecular complexity index is 1520. The summed E-state index contributed by atoms with van der Waals surface area (Å²) >= 11 is 0. The van der Waals surface area contributed by atoms with Crippen LogP contribution in [0.1, 0.15) is 27.8 Å². The fourth-order valence-electron chi connectivity index (χ4n) is 4.17. The van der Waals surface area contributed by atoms with Gasteiger partial charge in [-0.15, -0.1) is 0 Å². The van der Waals surface area contributed by atoms with Crippen molar-refractivity contribution in [1.82, 2.24) is 0 Å². The molecule has 38 heavy (non-hydrogen) atoms. The average Bonchev–Trinajstić information content (AvgIpc) is 2.91. The zero-order valence-corrected chi connectivity index (χ0v) is 21.0. The second kappa shape index (κ2) is 11.5. The summed E-state index contributed by atoms with van der Waals surface area (Å²) in [6.45, 7) is -0.0400. The minimum absolute atomic E-state index is 0.0400. The maximum Gasteiger partial charge on any atom is 0.412 e. The van der Waals surface area contributed by atoms with E-state index in [1.807, 2.05) is 60.7 Å². The Labute approximate surface area is 219 Å². The molecule has 0 heterocycles. The SMILES string of the molecule is [N-]=[N+]=NS(=O)(=O)c1ccc(N(Cc2cc(Cc3ccccc3)c(O)c(Cc3ccccc3)c2)C(=O)O)cc1. The van der Waals surface area contributed by atoms with Crippen molar-refractivity contribution >= 4 is 21.8 Å². The second-order valence-electron chi connectivity index (χ2n) is 8.60. The average molecular weight is 529 g/mol. The number of rotatable bonds is 9. The molecule has 0 radical (unpaired) electrons. The summed E-state index contributed by atoms with van der Waals surface area (Å²) in [5.41, 5.74) is 12.7. The van der Waals surface area contributed by atoms with Crippen LogP contribution < -0.4 is 4.90 Å². The molecular weight excluding hydrogens is 504 g/mol. The molecule has 10 heteroatoms. The van der Waals surface area contributed by atoms with Gasteiger partial charge in [0.15, 0.2) is 0 Å². The predicted octanol–water partition coefficient (Wildman–Crippen LogP) is 6.26. The Morgan fingerprint density at radius 1 is 0.816 bits per heavy atom. The van der Waals surface area contributed by atoms with Crippen LogP contribution in [0.3, 0.4) is 0 Å². The second-order valence-corrected chi connectivity index (χ2v) is 10.2. The molecular formula is C28H24N4O5S. The Balaban J connectivity index is 1.71. The van der Waals surface area contributed by atoms with Crippen LogP contribution in [0, 0.1) is 0 Å². The molecule has 0 spiro atoms. The minimum atomic E-state index is -4.19. The Hall–Kier alpha value is -4.79. The van der Waals surface area contributed by atoms with Gasteiger partial charge in [0.05, 0.1) is 11.4 Å². The van der Waals surface area contributed by atoms with Crippen LogP contribution in [0.25, 0.3) is 10.4 Å². The van der Waals surface area contributed by atoms with Gasteiger partial charge in [-0.3, -0.25) is 4.90 Å². The smallest absolute Gasteiger partial charge is 0.412 e. The zero-order chi connectivity index (χ0) is 27.1. The summed E-state index contributed by atoms with van der Waals surface area (Å²) in [7, 11) is -4.19. The predicted molar refractivity (Wildman–Crippen MR) is 144 cm³/mol. The number of phenols is 1. The molecule has 0 aromatic heterocycles. The van der Waals surface area contributed by atoms with E-state index in [1.165, 1.54) is 24.3 Å². The van der Waals surface area contributed by atoms with Gasteiger partial charge in [-0.05, 0) is 69.7 Å². The van der Waals surface area contributed by atoms with Crippen molar-refractivity contribution in [3.05, 3.63) is 135 Å². The third-order valence-electron chi connectivity index (χ3n) is 5.96. The molecule has 2 N–H and O–H groups in total. The van der Waals surface area contributed by atoms with Crippen molar-refractivity contribution in [3.8, 4) is 5.75 Å². The van der Waals surface area contributed by atoms with Gasteiger partial charge < -0.3 is 10.2 Å². The van der Waals surface area contributed by atoms with E-state index in [2.05, 4.69) is 9.43 Å². The van der Waals surface area contributed by atoms with E-state index < -0.39 is 16.1 Å². The van der Waals surface area contributed by atoms with Gasteiger partial charge in [-0.1, -0.05) is 60.7 Å². The van der Waals surface area contributed by atoms with E-state index in [4.69, 9.17) is 5.53 Å². The summed E-state index contributed by atoms with van der Waals surface area (Å²) < 4.78 is 26.7. The molecule has 0 unspecified atom stereocenters. The Morgan fingerprint density at radius 2 is 1.32 bits per heavy atom. The highest BCUT2D eigenvalue weighted by molar-refractivity contribution is 7.90. The normalized spacial score (nSPS) is 10.9. The van der Waals surface area contributed by atoms with Crippen LogP contribution in [-0.2, 0) is 29.4 Å². The summed E-state index contributed by atoms with van der Waals surface area (Å²) in [4.78, 5) is 15.4. The Kier molecular flexibility index (Phi) is 7.96. The van der Waals surface area contributed by atoms with Gasteiger partial charge in [0, 0.05) is 28.0 Å². The molecule has 4 aromatic carbocycles. The number of carbonyl (C=O) groups is 1. The quantitative estimate of drug-likeness (QED) is 0.150. The van der Waals surface area contributed by atoms with E-state index in [-0.39, 0.29) is 22.9 Å². The lowest BCUT2D eigenvalue weighted by Crippen LogP contribution is -2.28. The van der Waals surface area contributed by atoms with Crippen LogP contribution in [-0.4, -0.2) is 24.7 Å². The van der Waals surface area contributed by atoms with E-state index in [9.17, 15) is 23.4 Å². The van der Waals surface area contributed by atoms with Crippen LogP contribution in [0.5, 0.6) is 5.75 Å². The number of hydrogen-bond acceptors (Lipinski definition) is 4. The first-order chi connectivity index (χ1) is 18.3. The van der Waals surface area contributed by atoms with E-state index in [0.29, 0.717) is 29.5 Å². The van der Waals surface area contributed by atoms with Crippen LogP contribution in [0.4, 0.5) is 10.5 Å². The molecule has 0 saturated heterocycles. The minimum Gasteiger partial charge on any atom is -0.507 e. The largest absolute Gasteiger partial charge is 0.507 e. The summed E-state index contributed by atoms with van der Waals surface area (Å²) in [6.07, 6.45) is -0.319.